The van der Waals surface area contributed by atoms with Crippen LogP contribution < -0.4 is 0 Å². The molecule has 0 unspecified atom stereocenters. The average Bonchev–Trinajstić information content (AvgIpc) is 2.55. The molecule has 0 amide bonds. The molecule has 0 saturated carbocycles. The van der Waals surface area contributed by atoms with Gasteiger partial charge in [-0.1, -0.05) is 24.3 Å². The van der Waals surface area contributed by atoms with Gasteiger partial charge in [0.05, 0.1) is 5.66 Å². The third-order valence-corrected chi connectivity index (χ3v) is 3.69. The molecule has 0 bridgehead atoms. The molecule has 0 saturated heterocycles. The molecule has 0 spiro atoms. The Kier molecular flexibility index (Phi) is 2.66. The van der Waals surface area contributed by atoms with Gasteiger partial charge in [0.2, 0.25) is 0 Å². The average molecular weight is 174 g/mol. The van der Waals surface area contributed by atoms with Gasteiger partial charge in [-0.05, 0) is 0 Å². The zero-order valence-corrected chi connectivity index (χ0v) is 7.45. The summed E-state index contributed by atoms with van der Waals surface area (Å²) in [6.07, 6.45) is 7.26. The Morgan fingerprint density at radius 3 is 2.00 bits per heavy atom. The first-order chi connectivity index (χ1) is 5.23. The highest BCUT2D eigenvalue weighted by Crippen LogP contribution is 2.53. The van der Waals surface area contributed by atoms with Crippen LogP contribution in [0.15, 0.2) is 24.3 Å². The topological polar surface area (TPSA) is 35.5 Å². The van der Waals surface area contributed by atoms with Crippen LogP contribution in [0.5, 0.6) is 0 Å². The van der Waals surface area contributed by atoms with Crippen molar-refractivity contribution in [1.29, 1.82) is 0 Å². The van der Waals surface area contributed by atoms with Gasteiger partial charge in [-0.25, -0.2) is 0 Å². The summed E-state index contributed by atoms with van der Waals surface area (Å²) < 4.78 is 21.2. The summed E-state index contributed by atoms with van der Waals surface area (Å²) in [4.78, 5) is 0. The largest absolute Gasteiger partial charge is 0.340 e. The van der Waals surface area contributed by atoms with Gasteiger partial charge < -0.3 is 9.05 Å². The van der Waals surface area contributed by atoms with Gasteiger partial charge in [-0.3, -0.25) is 4.57 Å². The molecule has 0 aliphatic heterocycles. The molecule has 0 radical (unpaired) electrons. The van der Waals surface area contributed by atoms with E-state index in [1.54, 1.807) is 12.2 Å². The molecule has 4 heteroatoms. The van der Waals surface area contributed by atoms with Crippen LogP contribution in [-0.4, -0.2) is 19.9 Å². The van der Waals surface area contributed by atoms with Crippen molar-refractivity contribution in [1.82, 2.24) is 0 Å². The van der Waals surface area contributed by atoms with Crippen molar-refractivity contribution >= 4 is 7.60 Å². The Labute approximate surface area is 66.2 Å². The molecule has 3 nitrogen and oxygen atoms in total. The lowest BCUT2D eigenvalue weighted by atomic mass is 10.5. The zero-order chi connectivity index (χ0) is 8.32. The summed E-state index contributed by atoms with van der Waals surface area (Å²) in [5, 5.41) is 0. The second-order valence-electron chi connectivity index (χ2n) is 2.17. The minimum atomic E-state index is -2.90. The van der Waals surface area contributed by atoms with E-state index in [1.807, 2.05) is 12.2 Å². The van der Waals surface area contributed by atoms with E-state index in [9.17, 15) is 4.57 Å². The molecule has 1 aliphatic rings. The molecule has 0 aromatic carbocycles. The van der Waals surface area contributed by atoms with Gasteiger partial charge in [0.15, 0.2) is 0 Å². The van der Waals surface area contributed by atoms with Crippen molar-refractivity contribution < 1.29 is 13.6 Å². The highest BCUT2D eigenvalue weighted by molar-refractivity contribution is 7.55. The molecule has 11 heavy (non-hydrogen) atoms. The Bertz CT molecular complexity index is 212. The SMILES string of the molecule is COP(=O)(OC)C1C=CC=C1. The van der Waals surface area contributed by atoms with Gasteiger partial charge in [-0.15, -0.1) is 0 Å². The van der Waals surface area contributed by atoms with Gasteiger partial charge >= 0.3 is 7.60 Å². The predicted molar refractivity (Wildman–Crippen MR) is 43.7 cm³/mol. The van der Waals surface area contributed by atoms with Crippen LogP contribution in [0.25, 0.3) is 0 Å². The maximum atomic E-state index is 11.6. The number of rotatable bonds is 3. The Hall–Kier alpha value is -0.370. The van der Waals surface area contributed by atoms with E-state index >= 15 is 0 Å². The molecule has 0 aromatic heterocycles. The van der Waals surface area contributed by atoms with Gasteiger partial charge in [0.1, 0.15) is 0 Å². The molecule has 1 rings (SSSR count). The maximum absolute atomic E-state index is 11.6. The smallest absolute Gasteiger partial charge is 0.311 e. The summed E-state index contributed by atoms with van der Waals surface area (Å²) in [6, 6.07) is 0. The van der Waals surface area contributed by atoms with Crippen LogP contribution in [0.1, 0.15) is 0 Å². The van der Waals surface area contributed by atoms with Gasteiger partial charge in [0, 0.05) is 14.2 Å². The van der Waals surface area contributed by atoms with Crippen LogP contribution in [0.2, 0.25) is 0 Å². The fourth-order valence-electron chi connectivity index (χ4n) is 0.949. The third kappa shape index (κ3) is 1.62. The lowest BCUT2D eigenvalue weighted by Crippen LogP contribution is -2.02. The first kappa shape index (κ1) is 8.72. The lowest BCUT2D eigenvalue weighted by Gasteiger charge is -2.16. The summed E-state index contributed by atoms with van der Waals surface area (Å²) in [7, 11) is -0.116. The van der Waals surface area contributed by atoms with E-state index in [0.29, 0.717) is 0 Å². The Morgan fingerprint density at radius 2 is 1.64 bits per heavy atom. The van der Waals surface area contributed by atoms with E-state index in [1.165, 1.54) is 14.2 Å². The molecular weight excluding hydrogens is 163 g/mol. The minimum Gasteiger partial charge on any atom is -0.311 e. The van der Waals surface area contributed by atoms with E-state index < -0.39 is 7.60 Å². The number of allylic oxidation sites excluding steroid dienone is 4. The quantitative estimate of drug-likeness (QED) is 0.613. The van der Waals surface area contributed by atoms with E-state index in [0.717, 1.165) is 0 Å². The van der Waals surface area contributed by atoms with E-state index in [2.05, 4.69) is 0 Å². The van der Waals surface area contributed by atoms with Crippen molar-refractivity contribution in [2.75, 3.05) is 14.2 Å². The fraction of sp³-hybridized carbons (Fsp3) is 0.429. The summed E-state index contributed by atoms with van der Waals surface area (Å²) >= 11 is 0. The van der Waals surface area contributed by atoms with Crippen LogP contribution in [-0.2, 0) is 13.6 Å². The van der Waals surface area contributed by atoms with Crippen LogP contribution in [0, 0.1) is 0 Å². The lowest BCUT2D eigenvalue weighted by molar-refractivity contribution is 0.274. The normalized spacial score (nSPS) is 18.0. The van der Waals surface area contributed by atoms with Crippen molar-refractivity contribution in [2.45, 2.75) is 5.66 Å². The van der Waals surface area contributed by atoms with Gasteiger partial charge in [-0.2, -0.15) is 0 Å². The summed E-state index contributed by atoms with van der Waals surface area (Å²) in [5.41, 5.74) is -0.211. The van der Waals surface area contributed by atoms with Crippen LogP contribution in [0.4, 0.5) is 0 Å². The first-order valence-electron chi connectivity index (χ1n) is 3.29. The van der Waals surface area contributed by atoms with E-state index in [-0.39, 0.29) is 5.66 Å². The van der Waals surface area contributed by atoms with Crippen LogP contribution in [0.3, 0.4) is 0 Å². The third-order valence-electron chi connectivity index (χ3n) is 1.60. The molecular formula is C7H11O3P. The van der Waals surface area contributed by atoms with Crippen molar-refractivity contribution in [3.05, 3.63) is 24.3 Å². The maximum Gasteiger partial charge on any atom is 0.340 e. The minimum absolute atomic E-state index is 0.211. The summed E-state index contributed by atoms with van der Waals surface area (Å²) in [5.74, 6) is 0. The Morgan fingerprint density at radius 1 is 1.18 bits per heavy atom. The van der Waals surface area contributed by atoms with E-state index in [4.69, 9.17) is 9.05 Å². The standard InChI is InChI=1S/C7H11O3P/c1-9-11(8,10-2)7-5-3-4-6-7/h3-7H,1-2H3. The molecule has 0 heterocycles. The highest BCUT2D eigenvalue weighted by atomic mass is 31.2. The predicted octanol–water partition coefficient (Wildman–Crippen LogP) is 1.97. The van der Waals surface area contributed by atoms with Crippen molar-refractivity contribution in [2.24, 2.45) is 0 Å². The zero-order valence-electron chi connectivity index (χ0n) is 6.56. The Balaban J connectivity index is 2.77. The molecule has 0 N–H and O–H groups in total. The fourth-order valence-corrected chi connectivity index (χ4v) is 2.21. The highest BCUT2D eigenvalue weighted by Gasteiger charge is 2.30. The van der Waals surface area contributed by atoms with Crippen molar-refractivity contribution in [3.63, 3.8) is 0 Å². The second kappa shape index (κ2) is 3.35. The van der Waals surface area contributed by atoms with Crippen molar-refractivity contribution in [3.8, 4) is 0 Å². The molecule has 0 atom stereocenters. The molecule has 1 aliphatic carbocycles. The first-order valence-corrected chi connectivity index (χ1v) is 4.90. The molecule has 0 aromatic rings. The molecule has 62 valence electrons. The van der Waals surface area contributed by atoms with Crippen LogP contribution >= 0.6 is 7.60 Å². The second-order valence-corrected chi connectivity index (χ2v) is 4.57. The number of hydrogen-bond donors (Lipinski definition) is 0. The summed E-state index contributed by atoms with van der Waals surface area (Å²) in [6.45, 7) is 0. The monoisotopic (exact) mass is 174 g/mol. The number of hydrogen-bond acceptors (Lipinski definition) is 3. The molecule has 0 fully saturated rings. The van der Waals surface area contributed by atoms with Gasteiger partial charge in [0.25, 0.3) is 0 Å².